The second-order valence-corrected chi connectivity index (χ2v) is 6.92. The number of hydrogen-bond donors (Lipinski definition) is 2. The molecule has 1 aromatic carbocycles. The van der Waals surface area contributed by atoms with Crippen molar-refractivity contribution in [3.05, 3.63) is 28.7 Å². The van der Waals surface area contributed by atoms with Crippen LogP contribution in [0.5, 0.6) is 0 Å². The molecule has 0 spiro atoms. The van der Waals surface area contributed by atoms with Gasteiger partial charge in [0.2, 0.25) is 10.0 Å². The number of nitrogens with one attached hydrogen (secondary N) is 1. The normalized spacial score (nSPS) is 13.2. The van der Waals surface area contributed by atoms with Gasteiger partial charge in [0, 0.05) is 4.47 Å². The fourth-order valence-electron chi connectivity index (χ4n) is 1.42. The highest BCUT2D eigenvalue weighted by molar-refractivity contribution is 9.10. The van der Waals surface area contributed by atoms with Gasteiger partial charge in [-0.05, 0) is 30.7 Å². The third-order valence-electron chi connectivity index (χ3n) is 2.34. The SMILES string of the molecule is CCCC(NS(=O)(=O)c1ccc(Br)cc1)C(N)=S. The molecular weight excluding hydrogens is 336 g/mol. The Balaban J connectivity index is 2.93. The summed E-state index contributed by atoms with van der Waals surface area (Å²) in [6, 6.07) is 5.89. The first-order chi connectivity index (χ1) is 8.36. The summed E-state index contributed by atoms with van der Waals surface area (Å²) in [5.41, 5.74) is 5.53. The van der Waals surface area contributed by atoms with Crippen LogP contribution in [-0.4, -0.2) is 19.4 Å². The van der Waals surface area contributed by atoms with Crippen molar-refractivity contribution in [2.75, 3.05) is 0 Å². The van der Waals surface area contributed by atoms with Gasteiger partial charge in [0.1, 0.15) is 0 Å². The first kappa shape index (κ1) is 15.6. The van der Waals surface area contributed by atoms with Crippen LogP contribution in [0.1, 0.15) is 19.8 Å². The number of rotatable bonds is 6. The third kappa shape index (κ3) is 4.31. The molecule has 1 rings (SSSR count). The quantitative estimate of drug-likeness (QED) is 0.771. The monoisotopic (exact) mass is 350 g/mol. The number of nitrogens with two attached hydrogens (primary N) is 1. The summed E-state index contributed by atoms with van der Waals surface area (Å²) in [5.74, 6) is 0. The van der Waals surface area contributed by atoms with Crippen molar-refractivity contribution in [3.8, 4) is 0 Å². The average Bonchev–Trinajstić information content (AvgIpc) is 2.28. The first-order valence-electron chi connectivity index (χ1n) is 5.44. The van der Waals surface area contributed by atoms with Gasteiger partial charge in [0.25, 0.3) is 0 Å². The molecule has 3 N–H and O–H groups in total. The summed E-state index contributed by atoms with van der Waals surface area (Å²) in [7, 11) is -3.58. The predicted octanol–water partition coefficient (Wildman–Crippen LogP) is 2.18. The van der Waals surface area contributed by atoms with Crippen molar-refractivity contribution in [1.29, 1.82) is 0 Å². The lowest BCUT2D eigenvalue weighted by molar-refractivity contribution is 0.567. The largest absolute Gasteiger partial charge is 0.392 e. The van der Waals surface area contributed by atoms with Crippen LogP contribution in [0.3, 0.4) is 0 Å². The Labute approximate surface area is 121 Å². The van der Waals surface area contributed by atoms with Crippen LogP contribution in [0, 0.1) is 0 Å². The van der Waals surface area contributed by atoms with Crippen LogP contribution in [0.15, 0.2) is 33.6 Å². The van der Waals surface area contributed by atoms with Crippen LogP contribution in [0.25, 0.3) is 0 Å². The molecule has 4 nitrogen and oxygen atoms in total. The van der Waals surface area contributed by atoms with E-state index in [1.807, 2.05) is 6.92 Å². The van der Waals surface area contributed by atoms with Crippen molar-refractivity contribution in [3.63, 3.8) is 0 Å². The highest BCUT2D eigenvalue weighted by Crippen LogP contribution is 2.15. The molecule has 0 fully saturated rings. The molecule has 0 aliphatic carbocycles. The van der Waals surface area contributed by atoms with Crippen molar-refractivity contribution in [1.82, 2.24) is 4.72 Å². The molecule has 100 valence electrons. The lowest BCUT2D eigenvalue weighted by atomic mass is 10.2. The maximum absolute atomic E-state index is 12.1. The summed E-state index contributed by atoms with van der Waals surface area (Å²) in [4.78, 5) is 0.362. The molecule has 1 unspecified atom stereocenters. The van der Waals surface area contributed by atoms with E-state index in [1.165, 1.54) is 12.1 Å². The minimum absolute atomic E-state index is 0.164. The molecule has 0 aliphatic heterocycles. The number of thiocarbonyl (C=S) groups is 1. The zero-order valence-corrected chi connectivity index (χ0v) is 13.1. The van der Waals surface area contributed by atoms with E-state index in [2.05, 4.69) is 20.7 Å². The summed E-state index contributed by atoms with van der Waals surface area (Å²) < 4.78 is 27.5. The molecule has 0 bridgehead atoms. The molecule has 0 radical (unpaired) electrons. The molecule has 0 heterocycles. The fourth-order valence-corrected chi connectivity index (χ4v) is 3.18. The summed E-state index contributed by atoms with van der Waals surface area (Å²) >= 11 is 8.12. The lowest BCUT2D eigenvalue weighted by Gasteiger charge is -2.16. The number of hydrogen-bond acceptors (Lipinski definition) is 3. The van der Waals surface area contributed by atoms with E-state index in [4.69, 9.17) is 18.0 Å². The second-order valence-electron chi connectivity index (χ2n) is 3.82. The van der Waals surface area contributed by atoms with Gasteiger partial charge in [-0.2, -0.15) is 0 Å². The van der Waals surface area contributed by atoms with Gasteiger partial charge < -0.3 is 5.73 Å². The molecule has 0 aliphatic rings. The van der Waals surface area contributed by atoms with Crippen LogP contribution in [-0.2, 0) is 10.0 Å². The van der Waals surface area contributed by atoms with Gasteiger partial charge in [0.05, 0.1) is 15.9 Å². The average molecular weight is 351 g/mol. The molecular formula is C11H15BrN2O2S2. The summed E-state index contributed by atoms with van der Waals surface area (Å²) in [6.45, 7) is 1.94. The molecule has 0 aromatic heterocycles. The van der Waals surface area contributed by atoms with Crippen LogP contribution in [0.4, 0.5) is 0 Å². The van der Waals surface area contributed by atoms with Crippen molar-refractivity contribution in [2.45, 2.75) is 30.7 Å². The van der Waals surface area contributed by atoms with Gasteiger partial charge in [-0.1, -0.05) is 41.5 Å². The fraction of sp³-hybridized carbons (Fsp3) is 0.364. The minimum atomic E-state index is -3.58. The maximum Gasteiger partial charge on any atom is 0.241 e. The first-order valence-corrected chi connectivity index (χ1v) is 8.12. The van der Waals surface area contributed by atoms with Crippen LogP contribution in [0.2, 0.25) is 0 Å². The Hall–Kier alpha value is -0.500. The Bertz CT molecular complexity index is 514. The topological polar surface area (TPSA) is 72.2 Å². The number of sulfonamides is 1. The maximum atomic E-state index is 12.1. The van der Waals surface area contributed by atoms with E-state index in [0.29, 0.717) is 6.42 Å². The van der Waals surface area contributed by atoms with E-state index in [9.17, 15) is 8.42 Å². The van der Waals surface area contributed by atoms with E-state index in [1.54, 1.807) is 12.1 Å². The highest BCUT2D eigenvalue weighted by Gasteiger charge is 2.21. The smallest absolute Gasteiger partial charge is 0.241 e. The summed E-state index contributed by atoms with van der Waals surface area (Å²) in [5, 5.41) is 0. The van der Waals surface area contributed by atoms with E-state index >= 15 is 0 Å². The predicted molar refractivity (Wildman–Crippen MR) is 79.9 cm³/mol. The van der Waals surface area contributed by atoms with E-state index < -0.39 is 16.1 Å². The Morgan fingerprint density at radius 1 is 1.44 bits per heavy atom. The zero-order valence-electron chi connectivity index (χ0n) is 9.89. The zero-order chi connectivity index (χ0) is 13.8. The lowest BCUT2D eigenvalue weighted by Crippen LogP contribution is -2.43. The minimum Gasteiger partial charge on any atom is -0.392 e. The van der Waals surface area contributed by atoms with Gasteiger partial charge in [-0.15, -0.1) is 0 Å². The molecule has 18 heavy (non-hydrogen) atoms. The van der Waals surface area contributed by atoms with Crippen LogP contribution >= 0.6 is 28.1 Å². The van der Waals surface area contributed by atoms with Gasteiger partial charge in [-0.3, -0.25) is 0 Å². The number of halogens is 1. The van der Waals surface area contributed by atoms with Crippen molar-refractivity contribution in [2.24, 2.45) is 5.73 Å². The Morgan fingerprint density at radius 2 is 2.00 bits per heavy atom. The van der Waals surface area contributed by atoms with Crippen molar-refractivity contribution >= 4 is 43.2 Å². The van der Waals surface area contributed by atoms with Crippen LogP contribution < -0.4 is 10.5 Å². The molecule has 0 amide bonds. The van der Waals surface area contributed by atoms with Crippen molar-refractivity contribution < 1.29 is 8.42 Å². The molecule has 0 saturated heterocycles. The highest BCUT2D eigenvalue weighted by atomic mass is 79.9. The van der Waals surface area contributed by atoms with E-state index in [-0.39, 0.29) is 9.88 Å². The Kier molecular flexibility index (Phi) is 5.71. The third-order valence-corrected chi connectivity index (χ3v) is 4.64. The second kappa shape index (κ2) is 6.60. The standard InChI is InChI=1S/C11H15BrN2O2S2/c1-2-3-10(11(13)17)14-18(15,16)9-6-4-8(12)5-7-9/h4-7,10,14H,2-3H2,1H3,(H2,13,17). The summed E-state index contributed by atoms with van der Waals surface area (Å²) in [6.07, 6.45) is 1.38. The molecule has 0 saturated carbocycles. The number of benzene rings is 1. The van der Waals surface area contributed by atoms with Gasteiger partial charge in [0.15, 0.2) is 0 Å². The molecule has 1 aromatic rings. The molecule has 1 atom stereocenters. The Morgan fingerprint density at radius 3 is 2.44 bits per heavy atom. The van der Waals surface area contributed by atoms with E-state index in [0.717, 1.165) is 10.9 Å². The molecule has 7 heteroatoms. The van der Waals surface area contributed by atoms with Gasteiger partial charge >= 0.3 is 0 Å². The van der Waals surface area contributed by atoms with Gasteiger partial charge in [-0.25, -0.2) is 13.1 Å².